The second-order valence-electron chi connectivity index (χ2n) is 7.42. The van der Waals surface area contributed by atoms with Crippen LogP contribution in [0.1, 0.15) is 59.3 Å². The summed E-state index contributed by atoms with van der Waals surface area (Å²) in [6, 6.07) is 7.33. The quantitative estimate of drug-likeness (QED) is 0.477. The SMILES string of the molecule is CCCCCCCCOc1ccc(NC(=O)COC2=CC(=O)SC2(C)C)cc1. The highest BCUT2D eigenvalue weighted by Gasteiger charge is 2.35. The number of rotatable bonds is 12. The van der Waals surface area contributed by atoms with Gasteiger partial charge in [-0.15, -0.1) is 0 Å². The number of hydrogen-bond donors (Lipinski definition) is 1. The fourth-order valence-electron chi connectivity index (χ4n) is 2.87. The lowest BCUT2D eigenvalue weighted by molar-refractivity contribution is -0.119. The molecule has 5 nitrogen and oxygen atoms in total. The maximum atomic E-state index is 12.1. The van der Waals surface area contributed by atoms with Crippen molar-refractivity contribution in [2.24, 2.45) is 0 Å². The van der Waals surface area contributed by atoms with E-state index in [1.54, 1.807) is 0 Å². The number of hydrogen-bond acceptors (Lipinski definition) is 5. The van der Waals surface area contributed by atoms with Crippen LogP contribution in [0.15, 0.2) is 36.1 Å². The third kappa shape index (κ3) is 7.58. The van der Waals surface area contributed by atoms with E-state index in [4.69, 9.17) is 9.47 Å². The van der Waals surface area contributed by atoms with Crippen molar-refractivity contribution in [3.05, 3.63) is 36.1 Å². The molecule has 1 aromatic rings. The van der Waals surface area contributed by atoms with Gasteiger partial charge in [0.25, 0.3) is 5.91 Å². The Morgan fingerprint density at radius 1 is 1.04 bits per heavy atom. The zero-order chi connectivity index (χ0) is 20.4. The van der Waals surface area contributed by atoms with Gasteiger partial charge in [-0.1, -0.05) is 50.8 Å². The average Bonchev–Trinajstić information content (AvgIpc) is 2.92. The smallest absolute Gasteiger partial charge is 0.262 e. The minimum absolute atomic E-state index is 0.0445. The highest BCUT2D eigenvalue weighted by Crippen LogP contribution is 2.39. The van der Waals surface area contributed by atoms with Gasteiger partial charge in [-0.2, -0.15) is 0 Å². The van der Waals surface area contributed by atoms with Crippen molar-refractivity contribution in [3.8, 4) is 5.75 Å². The summed E-state index contributed by atoms with van der Waals surface area (Å²) in [6.45, 7) is 6.61. The van der Waals surface area contributed by atoms with Crippen molar-refractivity contribution in [2.45, 2.75) is 64.0 Å². The molecule has 28 heavy (non-hydrogen) atoms. The van der Waals surface area contributed by atoms with E-state index in [2.05, 4.69) is 12.2 Å². The highest BCUT2D eigenvalue weighted by atomic mass is 32.2. The van der Waals surface area contributed by atoms with Crippen LogP contribution in [0.2, 0.25) is 0 Å². The van der Waals surface area contributed by atoms with Gasteiger partial charge in [-0.25, -0.2) is 0 Å². The summed E-state index contributed by atoms with van der Waals surface area (Å²) < 4.78 is 10.8. The Balaban J connectivity index is 1.67. The molecule has 0 saturated heterocycles. The summed E-state index contributed by atoms with van der Waals surface area (Å²) in [7, 11) is 0. The summed E-state index contributed by atoms with van der Waals surface area (Å²) in [5, 5.41) is 2.74. The van der Waals surface area contributed by atoms with Crippen molar-refractivity contribution in [1.29, 1.82) is 0 Å². The molecule has 0 saturated carbocycles. The van der Waals surface area contributed by atoms with E-state index in [1.807, 2.05) is 38.1 Å². The molecule has 2 rings (SSSR count). The Morgan fingerprint density at radius 2 is 1.71 bits per heavy atom. The van der Waals surface area contributed by atoms with E-state index in [0.717, 1.165) is 12.2 Å². The molecule has 0 fully saturated rings. The fraction of sp³-hybridized carbons (Fsp3) is 0.545. The third-order valence-corrected chi connectivity index (χ3v) is 5.49. The molecule has 1 N–H and O–H groups in total. The summed E-state index contributed by atoms with van der Waals surface area (Å²) >= 11 is 1.20. The molecule has 0 atom stereocenters. The topological polar surface area (TPSA) is 64.6 Å². The largest absolute Gasteiger partial charge is 0.494 e. The van der Waals surface area contributed by atoms with Crippen LogP contribution < -0.4 is 10.1 Å². The molecule has 1 aromatic carbocycles. The van der Waals surface area contributed by atoms with Crippen LogP contribution in [-0.2, 0) is 14.3 Å². The average molecular weight is 406 g/mol. The zero-order valence-electron chi connectivity index (χ0n) is 17.1. The summed E-state index contributed by atoms with van der Waals surface area (Å²) in [5.74, 6) is 1.08. The minimum Gasteiger partial charge on any atom is -0.494 e. The molecule has 1 amide bonds. The predicted octanol–water partition coefficient (Wildman–Crippen LogP) is 5.32. The summed E-state index contributed by atoms with van der Waals surface area (Å²) in [5.41, 5.74) is 0.686. The fourth-order valence-corrected chi connectivity index (χ4v) is 3.76. The molecule has 1 aliphatic heterocycles. The molecule has 0 aliphatic carbocycles. The van der Waals surface area contributed by atoms with Crippen molar-refractivity contribution >= 4 is 28.5 Å². The maximum Gasteiger partial charge on any atom is 0.262 e. The lowest BCUT2D eigenvalue weighted by Gasteiger charge is -2.20. The highest BCUT2D eigenvalue weighted by molar-refractivity contribution is 8.15. The van der Waals surface area contributed by atoms with Crippen LogP contribution in [0, 0.1) is 0 Å². The molecule has 1 heterocycles. The standard InChI is InChI=1S/C22H31NO4S/c1-4-5-6-7-8-9-14-26-18-12-10-17(11-13-18)23-20(24)16-27-19-15-21(25)28-22(19,2)3/h10-13,15H,4-9,14,16H2,1-3H3,(H,23,24). The molecule has 1 aliphatic rings. The Hall–Kier alpha value is -1.95. The van der Waals surface area contributed by atoms with Gasteiger partial charge in [0, 0.05) is 11.8 Å². The van der Waals surface area contributed by atoms with E-state index < -0.39 is 4.75 Å². The first-order valence-corrected chi connectivity index (χ1v) is 10.8. The van der Waals surface area contributed by atoms with Crippen LogP contribution in [0.25, 0.3) is 0 Å². The molecular weight excluding hydrogens is 374 g/mol. The monoisotopic (exact) mass is 405 g/mol. The first-order valence-electron chi connectivity index (χ1n) is 10.0. The lowest BCUT2D eigenvalue weighted by Crippen LogP contribution is -2.23. The van der Waals surface area contributed by atoms with Crippen LogP contribution in [0.4, 0.5) is 5.69 Å². The molecule has 154 valence electrons. The number of unbranched alkanes of at least 4 members (excludes halogenated alkanes) is 5. The molecule has 0 unspecified atom stereocenters. The molecule has 0 aromatic heterocycles. The van der Waals surface area contributed by atoms with Gasteiger partial charge < -0.3 is 14.8 Å². The van der Waals surface area contributed by atoms with Crippen LogP contribution in [0.3, 0.4) is 0 Å². The van der Waals surface area contributed by atoms with Gasteiger partial charge in [-0.05, 0) is 44.5 Å². The number of anilines is 1. The molecular formula is C22H31NO4S. The second kappa shape index (κ2) is 11.1. The minimum atomic E-state index is -0.424. The Bertz CT molecular complexity index is 682. The van der Waals surface area contributed by atoms with E-state index >= 15 is 0 Å². The Labute approximate surface area is 172 Å². The molecule has 0 radical (unpaired) electrons. The maximum absolute atomic E-state index is 12.1. The summed E-state index contributed by atoms with van der Waals surface area (Å²) in [6.07, 6.45) is 8.86. The van der Waals surface area contributed by atoms with Crippen LogP contribution in [0.5, 0.6) is 5.75 Å². The van der Waals surface area contributed by atoms with E-state index in [9.17, 15) is 9.59 Å². The van der Waals surface area contributed by atoms with Crippen molar-refractivity contribution < 1.29 is 19.1 Å². The first-order chi connectivity index (χ1) is 13.4. The van der Waals surface area contributed by atoms with Crippen molar-refractivity contribution in [1.82, 2.24) is 0 Å². The lowest BCUT2D eigenvalue weighted by atomic mass is 10.1. The first kappa shape index (κ1) is 22.3. The number of ether oxygens (including phenoxy) is 2. The molecule has 0 spiro atoms. The number of benzene rings is 1. The van der Waals surface area contributed by atoms with Crippen molar-refractivity contribution in [2.75, 3.05) is 18.5 Å². The van der Waals surface area contributed by atoms with E-state index in [1.165, 1.54) is 49.9 Å². The predicted molar refractivity (Wildman–Crippen MR) is 115 cm³/mol. The Morgan fingerprint density at radius 3 is 2.36 bits per heavy atom. The van der Waals surface area contributed by atoms with Gasteiger partial charge in [0.05, 0.1) is 11.4 Å². The number of amides is 1. The number of carbonyl (C=O) groups is 2. The van der Waals surface area contributed by atoms with Crippen LogP contribution >= 0.6 is 11.8 Å². The van der Waals surface area contributed by atoms with E-state index in [-0.39, 0.29) is 17.6 Å². The second-order valence-corrected chi connectivity index (χ2v) is 9.04. The van der Waals surface area contributed by atoms with Gasteiger partial charge in [0.2, 0.25) is 5.12 Å². The van der Waals surface area contributed by atoms with Gasteiger partial charge >= 0.3 is 0 Å². The number of thioether (sulfide) groups is 1. The van der Waals surface area contributed by atoms with Crippen molar-refractivity contribution in [3.63, 3.8) is 0 Å². The normalized spacial score (nSPS) is 15.2. The number of carbonyl (C=O) groups excluding carboxylic acids is 2. The van der Waals surface area contributed by atoms with E-state index in [0.29, 0.717) is 18.1 Å². The Kier molecular flexibility index (Phi) is 8.90. The van der Waals surface area contributed by atoms with Gasteiger partial charge in [-0.3, -0.25) is 9.59 Å². The molecule has 0 bridgehead atoms. The zero-order valence-corrected chi connectivity index (χ0v) is 17.9. The number of nitrogens with one attached hydrogen (secondary N) is 1. The van der Waals surface area contributed by atoms with Gasteiger partial charge in [0.15, 0.2) is 6.61 Å². The van der Waals surface area contributed by atoms with Gasteiger partial charge in [0.1, 0.15) is 11.5 Å². The molecule has 6 heteroatoms. The summed E-state index contributed by atoms with van der Waals surface area (Å²) in [4.78, 5) is 23.6. The third-order valence-electron chi connectivity index (χ3n) is 4.46. The van der Waals surface area contributed by atoms with Crippen LogP contribution in [-0.4, -0.2) is 29.0 Å².